The van der Waals surface area contributed by atoms with Gasteiger partial charge in [0.05, 0.1) is 4.92 Å². The molecule has 0 aliphatic heterocycles. The van der Waals surface area contributed by atoms with Crippen LogP contribution in [0.15, 0.2) is 6.20 Å². The zero-order chi connectivity index (χ0) is 12.3. The molecule has 1 N–H and O–H groups in total. The molecule has 0 fully saturated rings. The fraction of sp³-hybridized carbons (Fsp3) is 0.556. The van der Waals surface area contributed by atoms with Crippen LogP contribution in [-0.4, -0.2) is 26.7 Å². The lowest BCUT2D eigenvalue weighted by Gasteiger charge is -2.05. The third-order valence-electron chi connectivity index (χ3n) is 1.90. The average Bonchev–Trinajstić information content (AvgIpc) is 2.60. The zero-order valence-electron chi connectivity index (χ0n) is 9.43. The van der Waals surface area contributed by atoms with Crippen molar-refractivity contribution in [3.63, 3.8) is 0 Å². The Hall–Kier alpha value is -1.92. The Morgan fingerprint density at radius 1 is 1.69 bits per heavy atom. The number of hydrogen-bond acceptors (Lipinski definition) is 4. The summed E-state index contributed by atoms with van der Waals surface area (Å²) >= 11 is 0. The normalized spacial score (nSPS) is 10.5. The van der Waals surface area contributed by atoms with Crippen molar-refractivity contribution in [2.24, 2.45) is 0 Å². The molecule has 1 aromatic heterocycles. The Morgan fingerprint density at radius 2 is 2.31 bits per heavy atom. The Labute approximate surface area is 92.6 Å². The molecule has 1 rings (SSSR count). The van der Waals surface area contributed by atoms with E-state index < -0.39 is 10.8 Å². The minimum absolute atomic E-state index is 0.0844. The van der Waals surface area contributed by atoms with Crippen molar-refractivity contribution < 1.29 is 9.72 Å². The molecule has 0 saturated heterocycles. The monoisotopic (exact) mass is 226 g/mol. The summed E-state index contributed by atoms with van der Waals surface area (Å²) in [6.45, 7) is 5.83. The van der Waals surface area contributed by atoms with Crippen LogP contribution in [0.2, 0.25) is 0 Å². The van der Waals surface area contributed by atoms with Crippen LogP contribution in [0.3, 0.4) is 0 Å². The molecule has 1 amide bonds. The van der Waals surface area contributed by atoms with E-state index in [4.69, 9.17) is 0 Å². The van der Waals surface area contributed by atoms with Gasteiger partial charge in [-0.15, -0.1) is 0 Å². The lowest BCUT2D eigenvalue weighted by molar-refractivity contribution is -0.385. The Morgan fingerprint density at radius 3 is 2.75 bits per heavy atom. The second kappa shape index (κ2) is 4.73. The highest BCUT2D eigenvalue weighted by atomic mass is 16.6. The summed E-state index contributed by atoms with van der Waals surface area (Å²) in [7, 11) is 0. The minimum Gasteiger partial charge on any atom is -0.348 e. The van der Waals surface area contributed by atoms with Gasteiger partial charge in [-0.25, -0.2) is 0 Å². The Balaban J connectivity index is 3.06. The van der Waals surface area contributed by atoms with Crippen LogP contribution in [0.4, 0.5) is 5.69 Å². The first-order chi connectivity index (χ1) is 7.45. The largest absolute Gasteiger partial charge is 0.348 e. The van der Waals surface area contributed by atoms with E-state index in [1.807, 2.05) is 0 Å². The van der Waals surface area contributed by atoms with Crippen molar-refractivity contribution in [3.8, 4) is 0 Å². The summed E-state index contributed by atoms with van der Waals surface area (Å²) in [6.07, 6.45) is 1.26. The molecule has 0 atom stereocenters. The standard InChI is InChI=1S/C9H14N4O3/c1-4-12-5-7(13(15)16)8(11-12)9(14)10-6(2)3/h5-6H,4H2,1-3H3,(H,10,14). The highest BCUT2D eigenvalue weighted by Gasteiger charge is 2.25. The predicted octanol–water partition coefficient (Wildman–Crippen LogP) is 0.949. The van der Waals surface area contributed by atoms with Gasteiger partial charge >= 0.3 is 5.69 Å². The number of nitrogens with zero attached hydrogens (tertiary/aromatic N) is 3. The first-order valence-corrected chi connectivity index (χ1v) is 4.98. The molecule has 16 heavy (non-hydrogen) atoms. The van der Waals surface area contributed by atoms with Crippen LogP contribution < -0.4 is 5.32 Å². The molecular weight excluding hydrogens is 212 g/mol. The third kappa shape index (κ3) is 2.56. The number of aryl methyl sites for hydroxylation is 1. The van der Waals surface area contributed by atoms with Gasteiger partial charge in [0.25, 0.3) is 5.91 Å². The van der Waals surface area contributed by atoms with Gasteiger partial charge in [0, 0.05) is 12.6 Å². The van der Waals surface area contributed by atoms with Gasteiger partial charge in [0.2, 0.25) is 5.69 Å². The van der Waals surface area contributed by atoms with Gasteiger partial charge in [0.15, 0.2) is 0 Å². The first-order valence-electron chi connectivity index (χ1n) is 4.98. The van der Waals surface area contributed by atoms with Crippen LogP contribution in [0.25, 0.3) is 0 Å². The fourth-order valence-corrected chi connectivity index (χ4v) is 1.20. The molecule has 0 bridgehead atoms. The number of rotatable bonds is 4. The quantitative estimate of drug-likeness (QED) is 0.611. The summed E-state index contributed by atoms with van der Waals surface area (Å²) in [5.74, 6) is -0.520. The van der Waals surface area contributed by atoms with Crippen LogP contribution in [-0.2, 0) is 6.54 Å². The molecule has 0 aromatic carbocycles. The van der Waals surface area contributed by atoms with Gasteiger partial charge in [-0.3, -0.25) is 19.6 Å². The maximum Gasteiger partial charge on any atom is 0.320 e. The summed E-state index contributed by atoms with van der Waals surface area (Å²) in [5.41, 5.74) is -0.402. The molecule has 0 unspecified atom stereocenters. The van der Waals surface area contributed by atoms with Crippen molar-refractivity contribution in [3.05, 3.63) is 22.0 Å². The fourth-order valence-electron chi connectivity index (χ4n) is 1.20. The van der Waals surface area contributed by atoms with Crippen molar-refractivity contribution in [2.75, 3.05) is 0 Å². The zero-order valence-corrected chi connectivity index (χ0v) is 9.43. The predicted molar refractivity (Wildman–Crippen MR) is 57.2 cm³/mol. The van der Waals surface area contributed by atoms with E-state index in [-0.39, 0.29) is 17.4 Å². The number of aromatic nitrogens is 2. The van der Waals surface area contributed by atoms with Crippen molar-refractivity contribution >= 4 is 11.6 Å². The van der Waals surface area contributed by atoms with E-state index in [1.165, 1.54) is 10.9 Å². The van der Waals surface area contributed by atoms with Gasteiger partial charge < -0.3 is 5.32 Å². The summed E-state index contributed by atoms with van der Waals surface area (Å²) in [4.78, 5) is 21.7. The minimum atomic E-state index is -0.603. The SMILES string of the molecule is CCn1cc([N+](=O)[O-])c(C(=O)NC(C)C)n1. The van der Waals surface area contributed by atoms with Crippen LogP contribution in [0.5, 0.6) is 0 Å². The molecular formula is C9H14N4O3. The molecule has 0 aliphatic rings. The molecule has 88 valence electrons. The Bertz CT molecular complexity index is 411. The molecule has 1 aromatic rings. The molecule has 0 spiro atoms. The van der Waals surface area contributed by atoms with E-state index in [0.717, 1.165) is 0 Å². The van der Waals surface area contributed by atoms with Gasteiger partial charge in [0.1, 0.15) is 6.20 Å². The Kier molecular flexibility index (Phi) is 3.60. The van der Waals surface area contributed by atoms with Crippen LogP contribution in [0, 0.1) is 10.1 Å². The van der Waals surface area contributed by atoms with E-state index in [1.54, 1.807) is 20.8 Å². The van der Waals surface area contributed by atoms with Crippen molar-refractivity contribution in [1.29, 1.82) is 0 Å². The summed E-state index contributed by atoms with van der Waals surface area (Å²) in [5, 5.41) is 17.2. The average molecular weight is 226 g/mol. The molecule has 0 radical (unpaired) electrons. The van der Waals surface area contributed by atoms with Gasteiger partial charge in [-0.05, 0) is 20.8 Å². The number of carbonyl (C=O) groups is 1. The molecule has 0 saturated carbocycles. The number of amides is 1. The molecule has 7 heteroatoms. The number of carbonyl (C=O) groups excluding carboxylic acids is 1. The van der Waals surface area contributed by atoms with Crippen molar-refractivity contribution in [2.45, 2.75) is 33.4 Å². The second-order valence-corrected chi connectivity index (χ2v) is 3.60. The van der Waals surface area contributed by atoms with Gasteiger partial charge in [-0.1, -0.05) is 0 Å². The lowest BCUT2D eigenvalue weighted by atomic mass is 10.3. The number of nitro groups is 1. The molecule has 1 heterocycles. The lowest BCUT2D eigenvalue weighted by Crippen LogP contribution is -2.31. The van der Waals surface area contributed by atoms with E-state index in [2.05, 4.69) is 10.4 Å². The van der Waals surface area contributed by atoms with Crippen LogP contribution in [0.1, 0.15) is 31.3 Å². The highest BCUT2D eigenvalue weighted by Crippen LogP contribution is 2.16. The third-order valence-corrected chi connectivity index (χ3v) is 1.90. The topological polar surface area (TPSA) is 90.1 Å². The first kappa shape index (κ1) is 12.2. The maximum atomic E-state index is 11.6. The van der Waals surface area contributed by atoms with Gasteiger partial charge in [-0.2, -0.15) is 5.10 Å². The summed E-state index contributed by atoms with van der Waals surface area (Å²) in [6, 6.07) is -0.0844. The van der Waals surface area contributed by atoms with Crippen molar-refractivity contribution in [1.82, 2.24) is 15.1 Å². The van der Waals surface area contributed by atoms with E-state index >= 15 is 0 Å². The molecule has 0 aliphatic carbocycles. The number of nitrogens with one attached hydrogen (secondary N) is 1. The highest BCUT2D eigenvalue weighted by molar-refractivity contribution is 5.96. The maximum absolute atomic E-state index is 11.6. The second-order valence-electron chi connectivity index (χ2n) is 3.60. The van der Waals surface area contributed by atoms with E-state index in [0.29, 0.717) is 6.54 Å². The van der Waals surface area contributed by atoms with E-state index in [9.17, 15) is 14.9 Å². The smallest absolute Gasteiger partial charge is 0.320 e. The summed E-state index contributed by atoms with van der Waals surface area (Å²) < 4.78 is 1.37. The van der Waals surface area contributed by atoms with Crippen LogP contribution >= 0.6 is 0 Å². The number of hydrogen-bond donors (Lipinski definition) is 1. The molecule has 7 nitrogen and oxygen atoms in total.